The van der Waals surface area contributed by atoms with Crippen molar-refractivity contribution in [1.82, 2.24) is 0 Å². The highest BCUT2D eigenvalue weighted by Crippen LogP contribution is 2.18. The third-order valence-electron chi connectivity index (χ3n) is 2.97. The number of hydrogen-bond acceptors (Lipinski definition) is 5. The van der Waals surface area contributed by atoms with Crippen LogP contribution >= 0.6 is 0 Å². The standard InChI is InChI=1S/C17H15FO5/c1-2-22-17(21)15(20)9-14(19)16-8-12(10-23-16)7-11-3-5-13(18)6-4-11/h3-6,8-10,19H,2,7H2,1H3/b14-9-. The van der Waals surface area contributed by atoms with Crippen LogP contribution in [-0.2, 0) is 20.7 Å². The molecule has 2 aromatic rings. The minimum absolute atomic E-state index is 0.0553. The van der Waals surface area contributed by atoms with Crippen LogP contribution in [-0.4, -0.2) is 23.5 Å². The third-order valence-corrected chi connectivity index (χ3v) is 2.97. The van der Waals surface area contributed by atoms with Crippen LogP contribution in [0.25, 0.3) is 5.76 Å². The topological polar surface area (TPSA) is 76.7 Å². The first-order chi connectivity index (χ1) is 11.0. The van der Waals surface area contributed by atoms with Gasteiger partial charge in [0.2, 0.25) is 0 Å². The van der Waals surface area contributed by atoms with Crippen LogP contribution in [0.3, 0.4) is 0 Å². The molecule has 23 heavy (non-hydrogen) atoms. The molecule has 6 heteroatoms. The molecule has 0 saturated heterocycles. The maximum atomic E-state index is 12.8. The summed E-state index contributed by atoms with van der Waals surface area (Å²) in [5, 5.41) is 9.81. The quantitative estimate of drug-likeness (QED) is 0.383. The van der Waals surface area contributed by atoms with Crippen LogP contribution in [0.2, 0.25) is 0 Å². The second-order valence-corrected chi connectivity index (χ2v) is 4.74. The van der Waals surface area contributed by atoms with Crippen molar-refractivity contribution in [2.24, 2.45) is 0 Å². The van der Waals surface area contributed by atoms with E-state index in [-0.39, 0.29) is 18.2 Å². The van der Waals surface area contributed by atoms with Gasteiger partial charge in [-0.1, -0.05) is 12.1 Å². The largest absolute Gasteiger partial charge is 0.504 e. The Balaban J connectivity index is 2.07. The molecule has 120 valence electrons. The summed E-state index contributed by atoms with van der Waals surface area (Å²) in [5.74, 6) is -2.74. The van der Waals surface area contributed by atoms with E-state index in [1.54, 1.807) is 19.1 Å². The van der Waals surface area contributed by atoms with Crippen LogP contribution in [0.1, 0.15) is 23.8 Å². The highest BCUT2D eigenvalue weighted by molar-refractivity contribution is 6.39. The van der Waals surface area contributed by atoms with Gasteiger partial charge in [0.25, 0.3) is 5.78 Å². The van der Waals surface area contributed by atoms with Crippen molar-refractivity contribution in [3.63, 3.8) is 0 Å². The molecule has 0 atom stereocenters. The van der Waals surface area contributed by atoms with E-state index in [0.29, 0.717) is 6.42 Å². The summed E-state index contributed by atoms with van der Waals surface area (Å²) in [5.41, 5.74) is 1.60. The summed E-state index contributed by atoms with van der Waals surface area (Å²) in [4.78, 5) is 22.7. The number of esters is 1. The normalized spacial score (nSPS) is 11.3. The molecule has 1 heterocycles. The van der Waals surface area contributed by atoms with Gasteiger partial charge in [-0.2, -0.15) is 0 Å². The lowest BCUT2D eigenvalue weighted by atomic mass is 10.1. The first-order valence-corrected chi connectivity index (χ1v) is 6.93. The van der Waals surface area contributed by atoms with Crippen molar-refractivity contribution in [2.75, 3.05) is 6.61 Å². The van der Waals surface area contributed by atoms with Crippen molar-refractivity contribution in [1.29, 1.82) is 0 Å². The molecule has 1 aromatic carbocycles. The third kappa shape index (κ3) is 4.54. The van der Waals surface area contributed by atoms with Gasteiger partial charge in [-0.05, 0) is 36.2 Å². The van der Waals surface area contributed by atoms with E-state index >= 15 is 0 Å². The number of halogens is 1. The van der Waals surface area contributed by atoms with Gasteiger partial charge in [-0.3, -0.25) is 4.79 Å². The van der Waals surface area contributed by atoms with Gasteiger partial charge in [0.05, 0.1) is 12.9 Å². The smallest absolute Gasteiger partial charge is 0.379 e. The Labute approximate surface area is 132 Å². The monoisotopic (exact) mass is 318 g/mol. The molecule has 0 radical (unpaired) electrons. The van der Waals surface area contributed by atoms with Crippen LogP contribution in [0, 0.1) is 5.82 Å². The van der Waals surface area contributed by atoms with E-state index in [0.717, 1.165) is 17.2 Å². The number of ketones is 1. The maximum absolute atomic E-state index is 12.8. The van der Waals surface area contributed by atoms with Gasteiger partial charge < -0.3 is 14.3 Å². The number of aliphatic hydroxyl groups excluding tert-OH is 1. The minimum Gasteiger partial charge on any atom is -0.504 e. The number of carbonyl (C=O) groups is 2. The first-order valence-electron chi connectivity index (χ1n) is 6.93. The molecular weight excluding hydrogens is 303 g/mol. The maximum Gasteiger partial charge on any atom is 0.379 e. The predicted molar refractivity (Wildman–Crippen MR) is 80.2 cm³/mol. The van der Waals surface area contributed by atoms with Crippen molar-refractivity contribution < 1.29 is 28.2 Å². The second-order valence-electron chi connectivity index (χ2n) is 4.74. The van der Waals surface area contributed by atoms with E-state index in [1.807, 2.05) is 0 Å². The number of ether oxygens (including phenoxy) is 1. The van der Waals surface area contributed by atoms with Gasteiger partial charge >= 0.3 is 5.97 Å². The molecule has 0 saturated carbocycles. The fraction of sp³-hybridized carbons (Fsp3) is 0.176. The molecule has 1 aromatic heterocycles. The van der Waals surface area contributed by atoms with E-state index in [9.17, 15) is 19.1 Å². The summed E-state index contributed by atoms with van der Waals surface area (Å²) in [6.45, 7) is 1.64. The van der Waals surface area contributed by atoms with Crippen molar-refractivity contribution >= 4 is 17.5 Å². The van der Waals surface area contributed by atoms with Crippen molar-refractivity contribution in [3.05, 3.63) is 65.4 Å². The number of furan rings is 1. The summed E-state index contributed by atoms with van der Waals surface area (Å²) in [6.07, 6.45) is 2.64. The number of rotatable bonds is 6. The highest BCUT2D eigenvalue weighted by atomic mass is 19.1. The number of carbonyl (C=O) groups excluding carboxylic acids is 2. The Kier molecular flexibility index (Phi) is 5.30. The van der Waals surface area contributed by atoms with E-state index in [1.165, 1.54) is 24.5 Å². The van der Waals surface area contributed by atoms with Crippen LogP contribution in [0.4, 0.5) is 4.39 Å². The summed E-state index contributed by atoms with van der Waals surface area (Å²) in [6, 6.07) is 7.52. The molecule has 0 fully saturated rings. The second kappa shape index (κ2) is 7.40. The zero-order valence-corrected chi connectivity index (χ0v) is 12.4. The molecule has 0 spiro atoms. The van der Waals surface area contributed by atoms with Gasteiger partial charge in [-0.15, -0.1) is 0 Å². The van der Waals surface area contributed by atoms with Crippen LogP contribution in [0.15, 0.2) is 47.1 Å². The summed E-state index contributed by atoms with van der Waals surface area (Å²) < 4.78 is 22.5. The Bertz CT molecular complexity index is 728. The van der Waals surface area contributed by atoms with E-state index in [4.69, 9.17) is 4.42 Å². The van der Waals surface area contributed by atoms with Gasteiger partial charge in [-0.25, -0.2) is 9.18 Å². The Hall–Kier alpha value is -2.89. The molecule has 1 N–H and O–H groups in total. The average Bonchev–Trinajstić information content (AvgIpc) is 2.98. The highest BCUT2D eigenvalue weighted by Gasteiger charge is 2.15. The minimum atomic E-state index is -1.04. The molecule has 5 nitrogen and oxygen atoms in total. The number of hydrogen-bond donors (Lipinski definition) is 1. The predicted octanol–water partition coefficient (Wildman–Crippen LogP) is 3.04. The number of benzene rings is 1. The molecule has 0 aliphatic heterocycles. The van der Waals surface area contributed by atoms with E-state index < -0.39 is 17.5 Å². The molecule has 0 aliphatic rings. The lowest BCUT2D eigenvalue weighted by Gasteiger charge is -1.98. The van der Waals surface area contributed by atoms with E-state index in [2.05, 4.69) is 4.74 Å². The van der Waals surface area contributed by atoms with Gasteiger partial charge in [0.15, 0.2) is 11.5 Å². The zero-order chi connectivity index (χ0) is 16.8. The molecule has 0 amide bonds. The SMILES string of the molecule is CCOC(=O)C(=O)/C=C(\O)c1cc(Cc2ccc(F)cc2)co1. The van der Waals surface area contributed by atoms with Crippen LogP contribution < -0.4 is 0 Å². The fourth-order valence-electron chi connectivity index (χ4n) is 1.90. The Morgan fingerprint density at radius 1 is 1.26 bits per heavy atom. The Morgan fingerprint density at radius 2 is 1.96 bits per heavy atom. The molecule has 0 unspecified atom stereocenters. The van der Waals surface area contributed by atoms with Crippen LogP contribution in [0.5, 0.6) is 0 Å². The summed E-state index contributed by atoms with van der Waals surface area (Å²) >= 11 is 0. The number of aliphatic hydroxyl groups is 1. The molecular formula is C17H15FO5. The molecule has 0 bridgehead atoms. The molecule has 2 rings (SSSR count). The Morgan fingerprint density at radius 3 is 2.61 bits per heavy atom. The van der Waals surface area contributed by atoms with Gasteiger partial charge in [0, 0.05) is 12.5 Å². The lowest BCUT2D eigenvalue weighted by Crippen LogP contribution is -2.15. The van der Waals surface area contributed by atoms with Crippen molar-refractivity contribution in [3.8, 4) is 0 Å². The van der Waals surface area contributed by atoms with Crippen molar-refractivity contribution in [2.45, 2.75) is 13.3 Å². The molecule has 0 aliphatic carbocycles. The zero-order valence-electron chi connectivity index (χ0n) is 12.4. The average molecular weight is 318 g/mol. The lowest BCUT2D eigenvalue weighted by molar-refractivity contribution is -0.151. The van der Waals surface area contributed by atoms with Gasteiger partial charge in [0.1, 0.15) is 5.82 Å². The fourth-order valence-corrected chi connectivity index (χ4v) is 1.90. The first kappa shape index (κ1) is 16.5. The summed E-state index contributed by atoms with van der Waals surface area (Å²) in [7, 11) is 0.